The molecule has 4 heterocycles. The Kier molecular flexibility index (Phi) is 7.98. The van der Waals surface area contributed by atoms with Gasteiger partial charge in [-0.05, 0) is 37.0 Å². The Morgan fingerprint density at radius 3 is 2.78 bits per heavy atom. The van der Waals surface area contributed by atoms with Gasteiger partial charge in [0.25, 0.3) is 11.5 Å². The lowest BCUT2D eigenvalue weighted by Gasteiger charge is -2.36. The molecule has 12 heteroatoms. The van der Waals surface area contributed by atoms with Gasteiger partial charge in [0.1, 0.15) is 21.8 Å². The first-order valence-corrected chi connectivity index (χ1v) is 13.2. The van der Waals surface area contributed by atoms with Gasteiger partial charge in [-0.1, -0.05) is 43.9 Å². The highest BCUT2D eigenvalue weighted by molar-refractivity contribution is 8.26. The first kappa shape index (κ1) is 26.8. The van der Waals surface area contributed by atoms with Gasteiger partial charge in [-0.25, -0.2) is 4.98 Å². The summed E-state index contributed by atoms with van der Waals surface area (Å²) in [6.07, 6.45) is 3.76. The minimum absolute atomic E-state index is 0.150. The number of fused-ring (bicyclic) bond motifs is 1. The average molecular weight is 544 g/mol. The number of thioether (sulfide) groups is 1. The molecule has 2 aromatic rings. The molecule has 4 rings (SSSR count). The number of nitrogens with one attached hydrogen (secondary N) is 1. The lowest BCUT2D eigenvalue weighted by Crippen LogP contribution is -2.57. The Balaban J connectivity index is 1.86. The zero-order valence-corrected chi connectivity index (χ0v) is 22.8. The van der Waals surface area contributed by atoms with Gasteiger partial charge in [-0.2, -0.15) is 0 Å². The molecular formula is C25H29N5O5S2. The highest BCUT2D eigenvalue weighted by atomic mass is 32.2. The fourth-order valence-corrected chi connectivity index (χ4v) is 5.51. The number of rotatable bonds is 7. The maximum atomic E-state index is 13.8. The number of anilines is 1. The fraction of sp³-hybridized carbons (Fsp3) is 0.440. The van der Waals surface area contributed by atoms with E-state index in [1.807, 2.05) is 13.0 Å². The Labute approximate surface area is 224 Å². The second kappa shape index (κ2) is 11.0. The van der Waals surface area contributed by atoms with Gasteiger partial charge in [0.15, 0.2) is 0 Å². The molecule has 0 aliphatic carbocycles. The van der Waals surface area contributed by atoms with Gasteiger partial charge in [0.05, 0.1) is 24.0 Å². The number of esters is 1. The SMILES string of the molecule is COC(=O)C[C@@H]1C(=O)NCCN1c1nc2ccc(C)cn2c(=O)c1/C=C1\SC(=S)N(CCC(C)C)C1=O. The number of aromatic nitrogens is 2. The van der Waals surface area contributed by atoms with Crippen LogP contribution in [0.25, 0.3) is 11.7 Å². The number of nitrogens with zero attached hydrogens (tertiary/aromatic N) is 4. The number of carbonyl (C=O) groups is 3. The van der Waals surface area contributed by atoms with E-state index in [1.165, 1.54) is 17.6 Å². The summed E-state index contributed by atoms with van der Waals surface area (Å²) in [6, 6.07) is 2.63. The quantitative estimate of drug-likeness (QED) is 0.319. The van der Waals surface area contributed by atoms with Crippen LogP contribution in [0, 0.1) is 12.8 Å². The summed E-state index contributed by atoms with van der Waals surface area (Å²) >= 11 is 6.59. The standard InChI is InChI=1S/C25H29N5O5S2/c1-14(2)7-9-29-24(34)18(37-25(29)36)11-16-21(27-19-6-5-15(3)13-30(19)23(16)33)28-10-8-26-22(32)17(28)12-20(31)35-4/h5-6,11,13-14,17H,7-10,12H2,1-4H3,(H,26,32)/b18-11-/t17-/m1/s1. The highest BCUT2D eigenvalue weighted by Crippen LogP contribution is 2.34. The molecule has 0 spiro atoms. The number of pyridine rings is 1. The zero-order chi connectivity index (χ0) is 26.9. The minimum Gasteiger partial charge on any atom is -0.469 e. The van der Waals surface area contributed by atoms with Crippen LogP contribution in [0.3, 0.4) is 0 Å². The fourth-order valence-electron chi connectivity index (χ4n) is 4.22. The summed E-state index contributed by atoms with van der Waals surface area (Å²) in [4.78, 5) is 60.1. The second-order valence-corrected chi connectivity index (χ2v) is 11.1. The van der Waals surface area contributed by atoms with Crippen molar-refractivity contribution < 1.29 is 19.1 Å². The molecule has 2 fully saturated rings. The number of piperazine rings is 1. The zero-order valence-electron chi connectivity index (χ0n) is 21.1. The van der Waals surface area contributed by atoms with Crippen LogP contribution < -0.4 is 15.8 Å². The average Bonchev–Trinajstić information content (AvgIpc) is 3.12. The van der Waals surface area contributed by atoms with E-state index >= 15 is 0 Å². The number of carbonyl (C=O) groups excluding carboxylic acids is 3. The van der Waals surface area contributed by atoms with E-state index in [0.717, 1.165) is 23.7 Å². The van der Waals surface area contributed by atoms with E-state index in [2.05, 4.69) is 19.2 Å². The number of ether oxygens (including phenoxy) is 1. The van der Waals surface area contributed by atoms with Crippen molar-refractivity contribution in [1.82, 2.24) is 19.6 Å². The number of thiocarbonyl (C=S) groups is 1. The van der Waals surface area contributed by atoms with Crippen LogP contribution in [0.5, 0.6) is 0 Å². The molecule has 2 amide bonds. The molecule has 2 aliphatic heterocycles. The van der Waals surface area contributed by atoms with Crippen molar-refractivity contribution in [1.29, 1.82) is 0 Å². The van der Waals surface area contributed by atoms with Gasteiger partial charge in [-0.3, -0.25) is 28.5 Å². The Morgan fingerprint density at radius 2 is 2.08 bits per heavy atom. The Morgan fingerprint density at radius 1 is 1.32 bits per heavy atom. The summed E-state index contributed by atoms with van der Waals surface area (Å²) in [5.74, 6) is -0.570. The van der Waals surface area contributed by atoms with Crippen molar-refractivity contribution in [2.75, 3.05) is 31.6 Å². The predicted molar refractivity (Wildman–Crippen MR) is 146 cm³/mol. The van der Waals surface area contributed by atoms with E-state index in [0.29, 0.717) is 40.4 Å². The second-order valence-electron chi connectivity index (χ2n) is 9.39. The molecule has 1 N–H and O–H groups in total. The van der Waals surface area contributed by atoms with Crippen molar-refractivity contribution >= 4 is 63.6 Å². The maximum absolute atomic E-state index is 13.8. The Bertz CT molecular complexity index is 1370. The third-order valence-electron chi connectivity index (χ3n) is 6.26. The molecule has 0 aromatic carbocycles. The van der Waals surface area contributed by atoms with Crippen molar-refractivity contribution in [2.24, 2.45) is 5.92 Å². The monoisotopic (exact) mass is 543 g/mol. The van der Waals surface area contributed by atoms with Crippen LogP contribution in [0.4, 0.5) is 5.82 Å². The Hall–Kier alpha value is -3.25. The third-order valence-corrected chi connectivity index (χ3v) is 7.63. The van der Waals surface area contributed by atoms with E-state index in [1.54, 1.807) is 22.1 Å². The van der Waals surface area contributed by atoms with Crippen molar-refractivity contribution in [3.63, 3.8) is 0 Å². The number of aryl methyl sites for hydroxylation is 1. The summed E-state index contributed by atoms with van der Waals surface area (Å²) < 4.78 is 6.65. The summed E-state index contributed by atoms with van der Waals surface area (Å²) in [5, 5.41) is 2.76. The highest BCUT2D eigenvalue weighted by Gasteiger charge is 2.36. The van der Waals surface area contributed by atoms with Gasteiger partial charge >= 0.3 is 5.97 Å². The molecular weight excluding hydrogens is 514 g/mol. The third kappa shape index (κ3) is 5.54. The summed E-state index contributed by atoms with van der Waals surface area (Å²) in [7, 11) is 1.25. The minimum atomic E-state index is -0.923. The number of methoxy groups -OCH3 is 1. The summed E-state index contributed by atoms with van der Waals surface area (Å²) in [5.41, 5.74) is 1.00. The van der Waals surface area contributed by atoms with Crippen molar-refractivity contribution in [2.45, 2.75) is 39.7 Å². The van der Waals surface area contributed by atoms with Crippen LogP contribution in [-0.2, 0) is 19.1 Å². The molecule has 1 atom stereocenters. The predicted octanol–water partition coefficient (Wildman–Crippen LogP) is 2.12. The first-order valence-electron chi connectivity index (χ1n) is 12.0. The molecule has 2 aromatic heterocycles. The van der Waals surface area contributed by atoms with Gasteiger partial charge in [0.2, 0.25) is 5.91 Å². The van der Waals surface area contributed by atoms with E-state index in [9.17, 15) is 19.2 Å². The lowest BCUT2D eigenvalue weighted by molar-refractivity contribution is -0.143. The molecule has 37 heavy (non-hydrogen) atoms. The van der Waals surface area contributed by atoms with Crippen LogP contribution in [0.15, 0.2) is 28.0 Å². The van der Waals surface area contributed by atoms with Gasteiger partial charge in [0, 0.05) is 25.8 Å². The van der Waals surface area contributed by atoms with E-state index in [4.69, 9.17) is 21.9 Å². The van der Waals surface area contributed by atoms with Crippen LogP contribution in [-0.4, -0.2) is 69.2 Å². The smallest absolute Gasteiger partial charge is 0.308 e. The molecule has 0 radical (unpaired) electrons. The van der Waals surface area contributed by atoms with Crippen LogP contribution in [0.1, 0.15) is 37.8 Å². The molecule has 0 unspecified atom stereocenters. The van der Waals surface area contributed by atoms with Gasteiger partial charge < -0.3 is 15.0 Å². The lowest BCUT2D eigenvalue weighted by atomic mass is 10.1. The normalized spacial score (nSPS) is 19.3. The van der Waals surface area contributed by atoms with Crippen molar-refractivity contribution in [3.8, 4) is 0 Å². The molecule has 0 saturated carbocycles. The molecule has 2 saturated heterocycles. The molecule has 10 nitrogen and oxygen atoms in total. The number of hydrogen-bond acceptors (Lipinski definition) is 9. The molecule has 196 valence electrons. The van der Waals surface area contributed by atoms with E-state index < -0.39 is 12.0 Å². The number of hydrogen-bond donors (Lipinski definition) is 1. The van der Waals surface area contributed by atoms with Gasteiger partial charge in [-0.15, -0.1) is 0 Å². The van der Waals surface area contributed by atoms with Crippen molar-refractivity contribution in [3.05, 3.63) is 44.7 Å². The largest absolute Gasteiger partial charge is 0.469 e. The van der Waals surface area contributed by atoms with Crippen LogP contribution in [0.2, 0.25) is 0 Å². The first-order chi connectivity index (χ1) is 17.6. The molecule has 0 bridgehead atoms. The molecule has 2 aliphatic rings. The topological polar surface area (TPSA) is 113 Å². The number of amides is 2. The van der Waals surface area contributed by atoms with E-state index in [-0.39, 0.29) is 35.2 Å². The summed E-state index contributed by atoms with van der Waals surface area (Å²) in [6.45, 7) is 7.13. The van der Waals surface area contributed by atoms with Crippen LogP contribution >= 0.6 is 24.0 Å². The maximum Gasteiger partial charge on any atom is 0.308 e.